The maximum Gasteiger partial charge on any atom is 0.254 e. The molecule has 4 heteroatoms. The SMILES string of the molecule is O=C(NCCC1CCCC1)c1ccc(Br)cc1F. The first-order valence-electron chi connectivity index (χ1n) is 6.40. The fourth-order valence-corrected chi connectivity index (χ4v) is 2.79. The number of benzene rings is 1. The molecule has 0 unspecified atom stereocenters. The van der Waals surface area contributed by atoms with Crippen LogP contribution in [0.2, 0.25) is 0 Å². The van der Waals surface area contributed by atoms with Gasteiger partial charge in [-0.05, 0) is 30.5 Å². The van der Waals surface area contributed by atoms with Crippen molar-refractivity contribution >= 4 is 21.8 Å². The van der Waals surface area contributed by atoms with Crippen molar-refractivity contribution < 1.29 is 9.18 Å². The number of halogens is 2. The van der Waals surface area contributed by atoms with Crippen LogP contribution in [-0.4, -0.2) is 12.5 Å². The molecule has 0 heterocycles. The highest BCUT2D eigenvalue weighted by Crippen LogP contribution is 2.26. The number of carbonyl (C=O) groups is 1. The summed E-state index contributed by atoms with van der Waals surface area (Å²) in [7, 11) is 0. The van der Waals surface area contributed by atoms with Crippen LogP contribution in [0.5, 0.6) is 0 Å². The van der Waals surface area contributed by atoms with E-state index in [-0.39, 0.29) is 11.5 Å². The van der Waals surface area contributed by atoms with Crippen molar-refractivity contribution in [3.05, 3.63) is 34.1 Å². The summed E-state index contributed by atoms with van der Waals surface area (Å²) in [6.45, 7) is 0.638. The van der Waals surface area contributed by atoms with Gasteiger partial charge in [-0.2, -0.15) is 0 Å². The van der Waals surface area contributed by atoms with Crippen molar-refractivity contribution in [2.75, 3.05) is 6.54 Å². The Morgan fingerprint density at radius 1 is 1.39 bits per heavy atom. The predicted molar refractivity (Wildman–Crippen MR) is 73.0 cm³/mol. The van der Waals surface area contributed by atoms with E-state index in [1.807, 2.05) is 0 Å². The Bertz CT molecular complexity index is 430. The molecular weight excluding hydrogens is 297 g/mol. The number of amides is 1. The van der Waals surface area contributed by atoms with Crippen molar-refractivity contribution in [2.24, 2.45) is 5.92 Å². The van der Waals surface area contributed by atoms with Gasteiger partial charge in [0.05, 0.1) is 5.56 Å². The van der Waals surface area contributed by atoms with Crippen LogP contribution >= 0.6 is 15.9 Å². The van der Waals surface area contributed by atoms with Gasteiger partial charge in [-0.15, -0.1) is 0 Å². The van der Waals surface area contributed by atoms with Crippen molar-refractivity contribution in [1.29, 1.82) is 0 Å². The lowest BCUT2D eigenvalue weighted by molar-refractivity contribution is 0.0947. The zero-order chi connectivity index (χ0) is 13.0. The molecule has 1 amide bonds. The molecule has 0 bridgehead atoms. The van der Waals surface area contributed by atoms with Gasteiger partial charge in [0.1, 0.15) is 5.82 Å². The molecule has 1 fully saturated rings. The van der Waals surface area contributed by atoms with Crippen LogP contribution in [-0.2, 0) is 0 Å². The van der Waals surface area contributed by atoms with E-state index in [0.29, 0.717) is 11.0 Å². The zero-order valence-electron chi connectivity index (χ0n) is 10.2. The highest BCUT2D eigenvalue weighted by molar-refractivity contribution is 9.10. The quantitative estimate of drug-likeness (QED) is 0.897. The average molecular weight is 314 g/mol. The first kappa shape index (κ1) is 13.5. The molecule has 2 rings (SSSR count). The average Bonchev–Trinajstić information content (AvgIpc) is 2.81. The Kier molecular flexibility index (Phi) is 4.75. The van der Waals surface area contributed by atoms with E-state index in [1.54, 1.807) is 6.07 Å². The van der Waals surface area contributed by atoms with Gasteiger partial charge in [-0.3, -0.25) is 4.79 Å². The molecule has 0 spiro atoms. The van der Waals surface area contributed by atoms with Crippen molar-refractivity contribution in [1.82, 2.24) is 5.32 Å². The number of hydrogen-bond acceptors (Lipinski definition) is 1. The molecule has 1 saturated carbocycles. The third kappa shape index (κ3) is 3.55. The van der Waals surface area contributed by atoms with Crippen molar-refractivity contribution in [3.63, 3.8) is 0 Å². The summed E-state index contributed by atoms with van der Waals surface area (Å²) in [5, 5.41) is 2.79. The summed E-state index contributed by atoms with van der Waals surface area (Å²) < 4.78 is 14.2. The van der Waals surface area contributed by atoms with Crippen molar-refractivity contribution in [2.45, 2.75) is 32.1 Å². The van der Waals surface area contributed by atoms with Gasteiger partial charge in [0.25, 0.3) is 5.91 Å². The van der Waals surface area contributed by atoms with E-state index in [9.17, 15) is 9.18 Å². The Morgan fingerprint density at radius 3 is 2.78 bits per heavy atom. The summed E-state index contributed by atoms with van der Waals surface area (Å²) in [5.74, 6) is -0.0687. The molecule has 1 aromatic rings. The fourth-order valence-electron chi connectivity index (χ4n) is 2.46. The summed E-state index contributed by atoms with van der Waals surface area (Å²) in [5.41, 5.74) is 0.115. The maximum absolute atomic E-state index is 13.5. The first-order valence-corrected chi connectivity index (χ1v) is 7.19. The third-order valence-corrected chi connectivity index (χ3v) is 3.98. The minimum atomic E-state index is -0.484. The van der Waals surface area contributed by atoms with Gasteiger partial charge >= 0.3 is 0 Å². The largest absolute Gasteiger partial charge is 0.352 e. The highest BCUT2D eigenvalue weighted by atomic mass is 79.9. The van der Waals surface area contributed by atoms with Gasteiger partial charge in [0.15, 0.2) is 0 Å². The van der Waals surface area contributed by atoms with Gasteiger partial charge in [0, 0.05) is 11.0 Å². The molecule has 0 saturated heterocycles. The summed E-state index contributed by atoms with van der Waals surface area (Å²) in [6.07, 6.45) is 6.15. The lowest BCUT2D eigenvalue weighted by Crippen LogP contribution is -2.26. The van der Waals surface area contributed by atoms with Crippen LogP contribution in [0.15, 0.2) is 22.7 Å². The Balaban J connectivity index is 1.83. The normalized spacial score (nSPS) is 15.9. The number of hydrogen-bond donors (Lipinski definition) is 1. The summed E-state index contributed by atoms with van der Waals surface area (Å²) >= 11 is 3.17. The fraction of sp³-hybridized carbons (Fsp3) is 0.500. The molecule has 98 valence electrons. The summed E-state index contributed by atoms with van der Waals surface area (Å²) in [6, 6.07) is 4.49. The van der Waals surface area contributed by atoms with Crippen LogP contribution in [0.1, 0.15) is 42.5 Å². The summed E-state index contributed by atoms with van der Waals surface area (Å²) in [4.78, 5) is 11.8. The minimum absolute atomic E-state index is 0.115. The van der Waals surface area contributed by atoms with Gasteiger partial charge in [0.2, 0.25) is 0 Å². The number of nitrogens with one attached hydrogen (secondary N) is 1. The minimum Gasteiger partial charge on any atom is -0.352 e. The molecule has 0 radical (unpaired) electrons. The second-order valence-electron chi connectivity index (χ2n) is 4.82. The second-order valence-corrected chi connectivity index (χ2v) is 5.73. The highest BCUT2D eigenvalue weighted by Gasteiger charge is 2.16. The molecule has 1 N–H and O–H groups in total. The zero-order valence-corrected chi connectivity index (χ0v) is 11.8. The number of carbonyl (C=O) groups excluding carboxylic acids is 1. The lowest BCUT2D eigenvalue weighted by atomic mass is 10.0. The number of rotatable bonds is 4. The van der Waals surface area contributed by atoms with Gasteiger partial charge in [-0.1, -0.05) is 41.6 Å². The van der Waals surface area contributed by atoms with E-state index in [0.717, 1.165) is 12.3 Å². The molecule has 0 atom stereocenters. The van der Waals surface area contributed by atoms with Crippen LogP contribution in [0.4, 0.5) is 4.39 Å². The van der Waals surface area contributed by atoms with Crippen LogP contribution < -0.4 is 5.32 Å². The van der Waals surface area contributed by atoms with E-state index in [4.69, 9.17) is 0 Å². The predicted octanol–water partition coefficient (Wildman–Crippen LogP) is 3.90. The van der Waals surface area contributed by atoms with E-state index in [2.05, 4.69) is 21.2 Å². The lowest BCUT2D eigenvalue weighted by Gasteiger charge is -2.10. The second kappa shape index (κ2) is 6.32. The Hall–Kier alpha value is -0.900. The van der Waals surface area contributed by atoms with E-state index in [1.165, 1.54) is 37.8 Å². The third-order valence-electron chi connectivity index (χ3n) is 3.49. The molecule has 18 heavy (non-hydrogen) atoms. The first-order chi connectivity index (χ1) is 8.66. The monoisotopic (exact) mass is 313 g/mol. The van der Waals surface area contributed by atoms with Gasteiger partial charge in [-0.25, -0.2) is 4.39 Å². The molecular formula is C14H17BrFNO. The molecule has 1 aliphatic carbocycles. The van der Waals surface area contributed by atoms with Crippen LogP contribution in [0.25, 0.3) is 0 Å². The van der Waals surface area contributed by atoms with E-state index < -0.39 is 5.82 Å². The standard InChI is InChI=1S/C14H17BrFNO/c15-11-5-6-12(13(16)9-11)14(18)17-8-7-10-3-1-2-4-10/h5-6,9-10H,1-4,7-8H2,(H,17,18). The molecule has 1 aromatic carbocycles. The van der Waals surface area contributed by atoms with Gasteiger partial charge < -0.3 is 5.32 Å². The Morgan fingerprint density at radius 2 is 2.11 bits per heavy atom. The maximum atomic E-state index is 13.5. The van der Waals surface area contributed by atoms with E-state index >= 15 is 0 Å². The molecule has 0 aromatic heterocycles. The van der Waals surface area contributed by atoms with Crippen LogP contribution in [0, 0.1) is 11.7 Å². The van der Waals surface area contributed by atoms with Crippen LogP contribution in [0.3, 0.4) is 0 Å². The molecule has 1 aliphatic rings. The topological polar surface area (TPSA) is 29.1 Å². The Labute approximate surface area is 115 Å². The van der Waals surface area contributed by atoms with Crippen molar-refractivity contribution in [3.8, 4) is 0 Å². The molecule has 2 nitrogen and oxygen atoms in total. The molecule has 0 aliphatic heterocycles. The smallest absolute Gasteiger partial charge is 0.254 e.